The maximum atomic E-state index is 11.2. The first kappa shape index (κ1) is 13.6. The number of nitrogens with zero attached hydrogens (tertiary/aromatic N) is 2. The maximum Gasteiger partial charge on any atom is 0.416 e. The lowest BCUT2D eigenvalue weighted by Gasteiger charge is -2.21. The van der Waals surface area contributed by atoms with Crippen LogP contribution in [0.2, 0.25) is 0 Å². The second-order valence-electron chi connectivity index (χ2n) is 5.15. The molecule has 1 aliphatic carbocycles. The molecule has 1 aromatic rings. The van der Waals surface area contributed by atoms with Gasteiger partial charge in [0.2, 0.25) is 5.91 Å². The van der Waals surface area contributed by atoms with Crippen molar-refractivity contribution < 1.29 is 14.7 Å². The van der Waals surface area contributed by atoms with E-state index in [-0.39, 0.29) is 17.7 Å². The van der Waals surface area contributed by atoms with Gasteiger partial charge in [0, 0.05) is 18.0 Å². The lowest BCUT2D eigenvalue weighted by atomic mass is 9.84. The molecule has 6 heteroatoms. The number of carbonyl (C=O) groups excluding carboxylic acids is 1. The van der Waals surface area contributed by atoms with Crippen LogP contribution in [0.5, 0.6) is 0 Å². The molecule has 0 aromatic carbocycles. The minimum atomic E-state index is -1.02. The summed E-state index contributed by atoms with van der Waals surface area (Å²) >= 11 is 0. The number of rotatable bonds is 2. The van der Waals surface area contributed by atoms with Gasteiger partial charge >= 0.3 is 6.09 Å². The maximum absolute atomic E-state index is 11.2. The van der Waals surface area contributed by atoms with Crippen molar-refractivity contribution in [2.45, 2.75) is 44.4 Å². The van der Waals surface area contributed by atoms with Crippen LogP contribution in [0.3, 0.4) is 0 Å². The van der Waals surface area contributed by atoms with Crippen LogP contribution in [-0.4, -0.2) is 26.7 Å². The summed E-state index contributed by atoms with van der Waals surface area (Å²) in [7, 11) is 0. The van der Waals surface area contributed by atoms with Crippen LogP contribution in [0.1, 0.15) is 50.1 Å². The highest BCUT2D eigenvalue weighted by molar-refractivity contribution is 5.76. The lowest BCUT2D eigenvalue weighted by Crippen LogP contribution is -2.24. The van der Waals surface area contributed by atoms with Gasteiger partial charge in [0.05, 0.1) is 5.69 Å². The number of hydrogen-bond acceptors (Lipinski definition) is 3. The van der Waals surface area contributed by atoms with Crippen molar-refractivity contribution in [3.63, 3.8) is 0 Å². The Morgan fingerprint density at radius 3 is 2.37 bits per heavy atom. The molecule has 0 radical (unpaired) electrons. The Labute approximate surface area is 111 Å². The van der Waals surface area contributed by atoms with Gasteiger partial charge in [0.25, 0.3) is 0 Å². The molecule has 1 amide bonds. The molecule has 6 nitrogen and oxygen atoms in total. The number of imidazole rings is 1. The number of carbonyl (C=O) groups is 2. The summed E-state index contributed by atoms with van der Waals surface area (Å²) in [6.07, 6.45) is 7.27. The molecule has 1 heterocycles. The third-order valence-corrected chi connectivity index (χ3v) is 3.85. The molecule has 2 rings (SSSR count). The smallest absolute Gasteiger partial charge is 0.416 e. The Morgan fingerprint density at radius 2 is 1.89 bits per heavy atom. The summed E-state index contributed by atoms with van der Waals surface area (Å²) in [5.74, 6) is 0.0839. The van der Waals surface area contributed by atoms with Crippen molar-refractivity contribution in [3.8, 4) is 0 Å². The highest BCUT2D eigenvalue weighted by atomic mass is 16.4. The standard InChI is InChI=1S/C13H19N3O3/c14-12(17)10-5-1-3-9(4-2-6-10)11-7-16(8-15-11)13(18)19/h7-10H,1-6H2,(H2,14,17)(H,18,19). The summed E-state index contributed by atoms with van der Waals surface area (Å²) < 4.78 is 1.08. The third kappa shape index (κ3) is 3.33. The molecular formula is C13H19N3O3. The second-order valence-corrected chi connectivity index (χ2v) is 5.15. The van der Waals surface area contributed by atoms with Crippen LogP contribution in [0.4, 0.5) is 4.79 Å². The van der Waals surface area contributed by atoms with E-state index < -0.39 is 6.09 Å². The second kappa shape index (κ2) is 5.86. The largest absolute Gasteiger partial charge is 0.464 e. The number of nitrogens with two attached hydrogens (primary N) is 1. The fourth-order valence-corrected chi connectivity index (χ4v) is 2.74. The SMILES string of the molecule is NC(=O)C1CCCC(c2cn(C(=O)O)cn2)CCC1. The van der Waals surface area contributed by atoms with Gasteiger partial charge < -0.3 is 10.8 Å². The molecule has 3 N–H and O–H groups in total. The molecule has 19 heavy (non-hydrogen) atoms. The molecule has 1 aliphatic rings. The van der Waals surface area contributed by atoms with E-state index >= 15 is 0 Å². The first-order chi connectivity index (χ1) is 9.08. The van der Waals surface area contributed by atoms with Crippen LogP contribution < -0.4 is 5.73 Å². The summed E-state index contributed by atoms with van der Waals surface area (Å²) in [6, 6.07) is 0. The van der Waals surface area contributed by atoms with Crippen LogP contribution in [0.15, 0.2) is 12.5 Å². The average molecular weight is 265 g/mol. The molecule has 1 aromatic heterocycles. The van der Waals surface area contributed by atoms with E-state index in [1.54, 1.807) is 6.20 Å². The fraction of sp³-hybridized carbons (Fsp3) is 0.615. The summed E-state index contributed by atoms with van der Waals surface area (Å²) in [4.78, 5) is 26.2. The molecule has 0 spiro atoms. The minimum Gasteiger partial charge on any atom is -0.464 e. The van der Waals surface area contributed by atoms with E-state index in [1.165, 1.54) is 6.33 Å². The van der Waals surface area contributed by atoms with Crippen LogP contribution in [0, 0.1) is 5.92 Å². The highest BCUT2D eigenvalue weighted by Gasteiger charge is 2.22. The van der Waals surface area contributed by atoms with Crippen molar-refractivity contribution >= 4 is 12.0 Å². The predicted octanol–water partition coefficient (Wildman–Crippen LogP) is 1.95. The number of amides is 1. The monoisotopic (exact) mass is 265 g/mol. The molecule has 104 valence electrons. The van der Waals surface area contributed by atoms with Gasteiger partial charge in [-0.25, -0.2) is 14.3 Å². The predicted molar refractivity (Wildman–Crippen MR) is 68.8 cm³/mol. The first-order valence-electron chi connectivity index (χ1n) is 6.64. The Hall–Kier alpha value is -1.85. The lowest BCUT2D eigenvalue weighted by molar-refractivity contribution is -0.122. The van der Waals surface area contributed by atoms with Gasteiger partial charge in [-0.05, 0) is 25.7 Å². The first-order valence-corrected chi connectivity index (χ1v) is 6.64. The zero-order valence-electron chi connectivity index (χ0n) is 10.8. The van der Waals surface area contributed by atoms with Crippen molar-refractivity contribution in [1.29, 1.82) is 0 Å². The molecule has 0 saturated heterocycles. The van der Waals surface area contributed by atoms with Crippen molar-refractivity contribution in [2.75, 3.05) is 0 Å². The zero-order chi connectivity index (χ0) is 13.8. The molecule has 0 bridgehead atoms. The van der Waals surface area contributed by atoms with Gasteiger partial charge in [-0.2, -0.15) is 0 Å². The number of aromatic nitrogens is 2. The minimum absolute atomic E-state index is 0.00229. The number of primary amides is 1. The summed E-state index contributed by atoms with van der Waals surface area (Å²) in [5.41, 5.74) is 6.18. The fourth-order valence-electron chi connectivity index (χ4n) is 2.74. The van der Waals surface area contributed by atoms with E-state index in [1.807, 2.05) is 0 Å². The average Bonchev–Trinajstić information content (AvgIpc) is 2.77. The molecule has 0 aliphatic heterocycles. The summed E-state index contributed by atoms with van der Waals surface area (Å²) in [6.45, 7) is 0. The summed E-state index contributed by atoms with van der Waals surface area (Å²) in [5, 5.41) is 8.86. The van der Waals surface area contributed by atoms with Crippen LogP contribution >= 0.6 is 0 Å². The third-order valence-electron chi connectivity index (χ3n) is 3.85. The van der Waals surface area contributed by atoms with Gasteiger partial charge in [0.1, 0.15) is 6.33 Å². The zero-order valence-corrected chi connectivity index (χ0v) is 10.8. The van der Waals surface area contributed by atoms with E-state index in [2.05, 4.69) is 4.98 Å². The van der Waals surface area contributed by atoms with Gasteiger partial charge in [-0.1, -0.05) is 12.8 Å². The number of hydrogen-bond donors (Lipinski definition) is 2. The Bertz CT molecular complexity index is 459. The Kier molecular flexibility index (Phi) is 4.19. The van der Waals surface area contributed by atoms with Crippen molar-refractivity contribution in [1.82, 2.24) is 9.55 Å². The van der Waals surface area contributed by atoms with Crippen molar-refractivity contribution in [2.24, 2.45) is 11.7 Å². The van der Waals surface area contributed by atoms with Gasteiger partial charge in [-0.15, -0.1) is 0 Å². The Morgan fingerprint density at radius 1 is 1.26 bits per heavy atom. The van der Waals surface area contributed by atoms with E-state index in [0.717, 1.165) is 48.8 Å². The van der Waals surface area contributed by atoms with E-state index in [9.17, 15) is 9.59 Å². The number of carboxylic acid groups (broad SMARTS) is 1. The van der Waals surface area contributed by atoms with Gasteiger partial charge in [-0.3, -0.25) is 4.79 Å². The van der Waals surface area contributed by atoms with E-state index in [0.29, 0.717) is 0 Å². The van der Waals surface area contributed by atoms with Crippen LogP contribution in [-0.2, 0) is 4.79 Å². The molecule has 1 fully saturated rings. The molecular weight excluding hydrogens is 246 g/mol. The quantitative estimate of drug-likeness (QED) is 0.853. The normalized spacial score (nSPS) is 24.4. The molecule has 0 atom stereocenters. The molecule has 0 unspecified atom stereocenters. The Balaban J connectivity index is 1.98. The van der Waals surface area contributed by atoms with Gasteiger partial charge in [0.15, 0.2) is 0 Å². The van der Waals surface area contributed by atoms with E-state index in [4.69, 9.17) is 10.8 Å². The molecule has 1 saturated carbocycles. The van der Waals surface area contributed by atoms with Crippen LogP contribution in [0.25, 0.3) is 0 Å². The highest BCUT2D eigenvalue weighted by Crippen LogP contribution is 2.31. The topological polar surface area (TPSA) is 98.2 Å². The van der Waals surface area contributed by atoms with Crippen molar-refractivity contribution in [3.05, 3.63) is 18.2 Å².